The topological polar surface area (TPSA) is 66.5 Å². The Morgan fingerprint density at radius 1 is 0.929 bits per heavy atom. The van der Waals surface area contributed by atoms with Crippen molar-refractivity contribution in [2.75, 3.05) is 16.7 Å². The number of sulfonamides is 1. The summed E-state index contributed by atoms with van der Waals surface area (Å²) >= 11 is 5.84. The number of hydrogen-bond acceptors (Lipinski definition) is 3. The Bertz CT molecular complexity index is 1080. The second-order valence-corrected chi connectivity index (χ2v) is 8.10. The number of nitrogens with zero attached hydrogens (tertiary/aromatic N) is 1. The Morgan fingerprint density at radius 2 is 1.50 bits per heavy atom. The summed E-state index contributed by atoms with van der Waals surface area (Å²) in [6.45, 7) is 0. The summed E-state index contributed by atoms with van der Waals surface area (Å²) in [6, 6.07) is 17.4. The molecule has 3 rings (SSSR count). The summed E-state index contributed by atoms with van der Waals surface area (Å²) in [5.41, 5.74) is 1.39. The third-order valence-corrected chi connectivity index (χ3v) is 5.68. The Kier molecular flexibility index (Phi) is 5.67. The Labute approximate surface area is 167 Å². The van der Waals surface area contributed by atoms with Crippen LogP contribution in [0.1, 0.15) is 10.4 Å². The predicted octanol–water partition coefficient (Wildman–Crippen LogP) is 4.56. The van der Waals surface area contributed by atoms with Gasteiger partial charge in [0.2, 0.25) is 0 Å². The molecule has 0 heterocycles. The molecule has 0 unspecified atom stereocenters. The lowest BCUT2D eigenvalue weighted by Crippen LogP contribution is -2.26. The van der Waals surface area contributed by atoms with Crippen LogP contribution in [0.25, 0.3) is 0 Å². The summed E-state index contributed by atoms with van der Waals surface area (Å²) in [4.78, 5) is 13.9. The maximum Gasteiger partial charge on any atom is 0.261 e. The van der Waals surface area contributed by atoms with Gasteiger partial charge in [-0.05, 0) is 72.8 Å². The van der Waals surface area contributed by atoms with Gasteiger partial charge >= 0.3 is 0 Å². The number of amides is 1. The van der Waals surface area contributed by atoms with Gasteiger partial charge < -0.3 is 4.90 Å². The molecule has 0 aromatic heterocycles. The molecule has 1 N–H and O–H groups in total. The molecular formula is C20H16ClFN2O3S. The van der Waals surface area contributed by atoms with Crippen LogP contribution in [-0.4, -0.2) is 21.4 Å². The lowest BCUT2D eigenvalue weighted by molar-refractivity contribution is 0.0993. The number of nitrogens with one attached hydrogen (secondary N) is 1. The molecule has 3 aromatic carbocycles. The standard InChI is InChI=1S/C20H16ClFN2O3S/c1-24(20(25)14-2-4-15(21)5-3-14)18-10-8-17(9-11-18)23-28(26,27)19-12-6-16(22)7-13-19/h2-13,23H,1H3. The van der Waals surface area contributed by atoms with Crippen LogP contribution in [0, 0.1) is 5.82 Å². The van der Waals surface area contributed by atoms with Crippen LogP contribution in [0.15, 0.2) is 77.7 Å². The molecule has 1 amide bonds. The fraction of sp³-hybridized carbons (Fsp3) is 0.0500. The number of benzene rings is 3. The third kappa shape index (κ3) is 4.49. The molecule has 28 heavy (non-hydrogen) atoms. The lowest BCUT2D eigenvalue weighted by Gasteiger charge is -2.18. The van der Waals surface area contributed by atoms with Gasteiger partial charge in [0.05, 0.1) is 4.90 Å². The van der Waals surface area contributed by atoms with E-state index in [-0.39, 0.29) is 10.8 Å². The molecule has 0 spiro atoms. The molecule has 0 aliphatic carbocycles. The number of carbonyl (C=O) groups excluding carboxylic acids is 1. The number of hydrogen-bond donors (Lipinski definition) is 1. The molecule has 0 atom stereocenters. The van der Waals surface area contributed by atoms with Gasteiger partial charge in [0, 0.05) is 29.0 Å². The minimum atomic E-state index is -3.84. The van der Waals surface area contributed by atoms with Crippen molar-refractivity contribution in [2.45, 2.75) is 4.90 Å². The van der Waals surface area contributed by atoms with Crippen LogP contribution in [-0.2, 0) is 10.0 Å². The van der Waals surface area contributed by atoms with Crippen LogP contribution in [0.4, 0.5) is 15.8 Å². The largest absolute Gasteiger partial charge is 0.311 e. The summed E-state index contributed by atoms with van der Waals surface area (Å²) in [5.74, 6) is -0.743. The van der Waals surface area contributed by atoms with Crippen molar-refractivity contribution in [3.05, 3.63) is 89.2 Å². The summed E-state index contributed by atoms with van der Waals surface area (Å²) in [5, 5.41) is 0.539. The van der Waals surface area contributed by atoms with E-state index < -0.39 is 15.8 Å². The molecule has 0 saturated carbocycles. The van der Waals surface area contributed by atoms with Crippen molar-refractivity contribution < 1.29 is 17.6 Å². The van der Waals surface area contributed by atoms with Gasteiger partial charge in [-0.15, -0.1) is 0 Å². The van der Waals surface area contributed by atoms with Gasteiger partial charge in [-0.25, -0.2) is 12.8 Å². The van der Waals surface area contributed by atoms with Crippen molar-refractivity contribution in [3.63, 3.8) is 0 Å². The predicted molar refractivity (Wildman–Crippen MR) is 108 cm³/mol. The summed E-state index contributed by atoms with van der Waals surface area (Å²) in [6.07, 6.45) is 0. The zero-order chi connectivity index (χ0) is 20.3. The molecule has 0 radical (unpaired) electrons. The average Bonchev–Trinajstić information content (AvgIpc) is 2.68. The van der Waals surface area contributed by atoms with Crippen molar-refractivity contribution >= 4 is 38.9 Å². The average molecular weight is 419 g/mol. The first-order valence-corrected chi connectivity index (χ1v) is 10.0. The van der Waals surface area contributed by atoms with Gasteiger partial charge in [-0.2, -0.15) is 0 Å². The van der Waals surface area contributed by atoms with Crippen LogP contribution in [0.2, 0.25) is 5.02 Å². The zero-order valence-electron chi connectivity index (χ0n) is 14.8. The van der Waals surface area contributed by atoms with Gasteiger partial charge in [0.25, 0.3) is 15.9 Å². The van der Waals surface area contributed by atoms with E-state index in [1.165, 1.54) is 17.0 Å². The molecular weight excluding hydrogens is 403 g/mol. The smallest absolute Gasteiger partial charge is 0.261 e. The number of carbonyl (C=O) groups is 1. The van der Waals surface area contributed by atoms with Crippen LogP contribution in [0.5, 0.6) is 0 Å². The molecule has 3 aromatic rings. The SMILES string of the molecule is CN(C(=O)c1ccc(Cl)cc1)c1ccc(NS(=O)(=O)c2ccc(F)cc2)cc1. The second-order valence-electron chi connectivity index (χ2n) is 5.98. The zero-order valence-corrected chi connectivity index (χ0v) is 16.3. The lowest BCUT2D eigenvalue weighted by atomic mass is 10.2. The maximum atomic E-state index is 13.0. The highest BCUT2D eigenvalue weighted by Gasteiger charge is 2.16. The van der Waals surface area contributed by atoms with Crippen LogP contribution >= 0.6 is 11.6 Å². The van der Waals surface area contributed by atoms with Gasteiger partial charge in [-0.3, -0.25) is 9.52 Å². The summed E-state index contributed by atoms with van der Waals surface area (Å²) < 4.78 is 40.1. The quantitative estimate of drug-likeness (QED) is 0.660. The van der Waals surface area contributed by atoms with E-state index in [0.29, 0.717) is 22.0 Å². The first kappa shape index (κ1) is 19.9. The van der Waals surface area contributed by atoms with E-state index in [4.69, 9.17) is 11.6 Å². The van der Waals surface area contributed by atoms with E-state index in [0.717, 1.165) is 12.1 Å². The summed E-state index contributed by atoms with van der Waals surface area (Å²) in [7, 11) is -2.22. The van der Waals surface area contributed by atoms with Crippen LogP contribution < -0.4 is 9.62 Å². The van der Waals surface area contributed by atoms with E-state index >= 15 is 0 Å². The molecule has 144 valence electrons. The van der Waals surface area contributed by atoms with Crippen LogP contribution in [0.3, 0.4) is 0 Å². The van der Waals surface area contributed by atoms with E-state index in [1.54, 1.807) is 55.6 Å². The van der Waals surface area contributed by atoms with Gasteiger partial charge in [0.1, 0.15) is 5.82 Å². The first-order valence-electron chi connectivity index (χ1n) is 8.18. The second kappa shape index (κ2) is 8.00. The van der Waals surface area contributed by atoms with E-state index in [9.17, 15) is 17.6 Å². The Hall–Kier alpha value is -2.90. The normalized spacial score (nSPS) is 11.1. The van der Waals surface area contributed by atoms with Crippen molar-refractivity contribution in [1.82, 2.24) is 0 Å². The molecule has 5 nitrogen and oxygen atoms in total. The van der Waals surface area contributed by atoms with Gasteiger partial charge in [0.15, 0.2) is 0 Å². The Balaban J connectivity index is 1.74. The highest BCUT2D eigenvalue weighted by atomic mass is 35.5. The molecule has 0 bridgehead atoms. The van der Waals surface area contributed by atoms with Crippen molar-refractivity contribution in [2.24, 2.45) is 0 Å². The molecule has 0 aliphatic heterocycles. The molecule has 0 aliphatic rings. The number of halogens is 2. The number of rotatable bonds is 5. The fourth-order valence-electron chi connectivity index (χ4n) is 2.48. The molecule has 8 heteroatoms. The monoisotopic (exact) mass is 418 g/mol. The Morgan fingerprint density at radius 3 is 2.07 bits per heavy atom. The molecule has 0 fully saturated rings. The first-order chi connectivity index (χ1) is 13.3. The highest BCUT2D eigenvalue weighted by molar-refractivity contribution is 7.92. The van der Waals surface area contributed by atoms with Gasteiger partial charge in [-0.1, -0.05) is 11.6 Å². The minimum absolute atomic E-state index is 0.0481. The maximum absolute atomic E-state index is 13.0. The van der Waals surface area contributed by atoms with Crippen molar-refractivity contribution in [1.29, 1.82) is 0 Å². The van der Waals surface area contributed by atoms with E-state index in [1.807, 2.05) is 0 Å². The van der Waals surface area contributed by atoms with Crippen molar-refractivity contribution in [3.8, 4) is 0 Å². The third-order valence-electron chi connectivity index (χ3n) is 4.03. The molecule has 0 saturated heterocycles. The van der Waals surface area contributed by atoms with E-state index in [2.05, 4.69) is 4.72 Å². The fourth-order valence-corrected chi connectivity index (χ4v) is 3.67. The highest BCUT2D eigenvalue weighted by Crippen LogP contribution is 2.22. The number of anilines is 2. The minimum Gasteiger partial charge on any atom is -0.311 e.